The lowest BCUT2D eigenvalue weighted by Crippen LogP contribution is -2.38. The maximum Gasteiger partial charge on any atom is 0.337 e. The molecule has 0 spiro atoms. The average Bonchev–Trinajstić information content (AvgIpc) is 2.74. The molecule has 0 saturated carbocycles. The van der Waals surface area contributed by atoms with E-state index in [9.17, 15) is 14.4 Å². The Labute approximate surface area is 162 Å². The Bertz CT molecular complexity index is 835. The molecule has 0 radical (unpaired) electrons. The molecule has 0 heterocycles. The van der Waals surface area contributed by atoms with Gasteiger partial charge in [-0.2, -0.15) is 0 Å². The highest BCUT2D eigenvalue weighted by molar-refractivity contribution is 6.39. The van der Waals surface area contributed by atoms with E-state index in [1.165, 1.54) is 38.5 Å². The first kappa shape index (κ1) is 20.9. The van der Waals surface area contributed by atoms with Gasteiger partial charge in [0.05, 0.1) is 19.8 Å². The van der Waals surface area contributed by atoms with Crippen molar-refractivity contribution in [2.45, 2.75) is 6.10 Å². The molecular formula is C20H22N2O6. The van der Waals surface area contributed by atoms with Crippen molar-refractivity contribution in [3.63, 3.8) is 0 Å². The maximum absolute atomic E-state index is 12.1. The predicted octanol–water partition coefficient (Wildman–Crippen LogP) is 1.92. The Hall–Kier alpha value is -3.39. The number of anilines is 1. The maximum atomic E-state index is 12.1. The van der Waals surface area contributed by atoms with Gasteiger partial charge in [0.25, 0.3) is 0 Å². The number of carbonyl (C=O) groups is 3. The van der Waals surface area contributed by atoms with E-state index in [2.05, 4.69) is 15.4 Å². The molecule has 8 heteroatoms. The molecular weight excluding hydrogens is 364 g/mol. The molecule has 148 valence electrons. The summed E-state index contributed by atoms with van der Waals surface area (Å²) in [7, 11) is 4.33. The lowest BCUT2D eigenvalue weighted by atomic mass is 10.1. The average molecular weight is 386 g/mol. The van der Waals surface area contributed by atoms with Crippen molar-refractivity contribution in [3.05, 3.63) is 59.7 Å². The summed E-state index contributed by atoms with van der Waals surface area (Å²) >= 11 is 0. The minimum atomic E-state index is -0.833. The Morgan fingerprint density at radius 2 is 1.61 bits per heavy atom. The number of para-hydroxylation sites is 1. The SMILES string of the molecule is COC(=O)c1ccc(NC(=O)C(=O)NC[C@@H](OC)c2ccccc2OC)cc1. The van der Waals surface area contributed by atoms with Gasteiger partial charge in [0.1, 0.15) is 11.9 Å². The van der Waals surface area contributed by atoms with Crippen molar-refractivity contribution < 1.29 is 28.6 Å². The summed E-state index contributed by atoms with van der Waals surface area (Å²) in [5.74, 6) is -1.51. The number of ether oxygens (including phenoxy) is 3. The smallest absolute Gasteiger partial charge is 0.337 e. The molecule has 28 heavy (non-hydrogen) atoms. The number of esters is 1. The van der Waals surface area contributed by atoms with Crippen LogP contribution < -0.4 is 15.4 Å². The van der Waals surface area contributed by atoms with Crippen LogP contribution in [0.3, 0.4) is 0 Å². The monoisotopic (exact) mass is 386 g/mol. The number of hydrogen-bond acceptors (Lipinski definition) is 6. The second-order valence-electron chi connectivity index (χ2n) is 5.70. The summed E-state index contributed by atoms with van der Waals surface area (Å²) in [4.78, 5) is 35.6. The van der Waals surface area contributed by atoms with Crippen molar-refractivity contribution in [1.29, 1.82) is 0 Å². The number of benzene rings is 2. The first-order chi connectivity index (χ1) is 13.5. The van der Waals surface area contributed by atoms with Gasteiger partial charge in [0, 0.05) is 24.9 Å². The topological polar surface area (TPSA) is 103 Å². The van der Waals surface area contributed by atoms with E-state index < -0.39 is 23.9 Å². The molecule has 0 aliphatic heterocycles. The Balaban J connectivity index is 1.94. The Morgan fingerprint density at radius 1 is 0.929 bits per heavy atom. The molecule has 2 N–H and O–H groups in total. The van der Waals surface area contributed by atoms with Crippen molar-refractivity contribution >= 4 is 23.5 Å². The van der Waals surface area contributed by atoms with E-state index in [1.807, 2.05) is 18.2 Å². The fraction of sp³-hybridized carbons (Fsp3) is 0.250. The summed E-state index contributed by atoms with van der Waals surface area (Å²) < 4.78 is 15.3. The van der Waals surface area contributed by atoms with Gasteiger partial charge in [-0.3, -0.25) is 9.59 Å². The van der Waals surface area contributed by atoms with Crippen LogP contribution in [-0.4, -0.2) is 45.7 Å². The van der Waals surface area contributed by atoms with Gasteiger partial charge in [0.15, 0.2) is 0 Å². The van der Waals surface area contributed by atoms with E-state index in [0.717, 1.165) is 5.56 Å². The number of carbonyl (C=O) groups excluding carboxylic acids is 3. The second kappa shape index (κ2) is 10.1. The fourth-order valence-electron chi connectivity index (χ4n) is 2.51. The zero-order valence-corrected chi connectivity index (χ0v) is 15.9. The van der Waals surface area contributed by atoms with Gasteiger partial charge in [-0.1, -0.05) is 18.2 Å². The van der Waals surface area contributed by atoms with Crippen LogP contribution in [0.2, 0.25) is 0 Å². The number of amides is 2. The van der Waals surface area contributed by atoms with Gasteiger partial charge in [-0.05, 0) is 30.3 Å². The molecule has 0 fully saturated rings. The minimum absolute atomic E-state index is 0.0877. The van der Waals surface area contributed by atoms with Gasteiger partial charge < -0.3 is 24.8 Å². The quantitative estimate of drug-likeness (QED) is 0.557. The zero-order chi connectivity index (χ0) is 20.5. The first-order valence-electron chi connectivity index (χ1n) is 8.43. The summed E-state index contributed by atoms with van der Waals surface area (Å²) in [5, 5.41) is 5.00. The van der Waals surface area contributed by atoms with E-state index >= 15 is 0 Å². The fourth-order valence-corrected chi connectivity index (χ4v) is 2.51. The third-order valence-corrected chi connectivity index (χ3v) is 3.99. The lowest BCUT2D eigenvalue weighted by Gasteiger charge is -2.18. The third-order valence-electron chi connectivity index (χ3n) is 3.99. The van der Waals surface area contributed by atoms with Gasteiger partial charge in [0.2, 0.25) is 0 Å². The minimum Gasteiger partial charge on any atom is -0.496 e. The first-order valence-corrected chi connectivity index (χ1v) is 8.43. The number of methoxy groups -OCH3 is 3. The molecule has 2 rings (SSSR count). The highest BCUT2D eigenvalue weighted by Gasteiger charge is 2.19. The summed E-state index contributed by atoms with van der Waals surface area (Å²) in [6.45, 7) is 0.0877. The lowest BCUT2D eigenvalue weighted by molar-refractivity contribution is -0.136. The largest absolute Gasteiger partial charge is 0.496 e. The van der Waals surface area contributed by atoms with Crippen LogP contribution in [0.15, 0.2) is 48.5 Å². The van der Waals surface area contributed by atoms with Crippen molar-refractivity contribution in [2.75, 3.05) is 33.2 Å². The predicted molar refractivity (Wildman–Crippen MR) is 102 cm³/mol. The highest BCUT2D eigenvalue weighted by atomic mass is 16.5. The van der Waals surface area contributed by atoms with Crippen LogP contribution in [0.25, 0.3) is 0 Å². The summed E-state index contributed by atoms with van der Waals surface area (Å²) in [5.41, 5.74) is 1.47. The summed E-state index contributed by atoms with van der Waals surface area (Å²) in [6.07, 6.45) is -0.479. The Morgan fingerprint density at radius 3 is 2.21 bits per heavy atom. The number of rotatable bonds is 7. The third kappa shape index (κ3) is 5.31. The van der Waals surface area contributed by atoms with Crippen LogP contribution in [0.4, 0.5) is 5.69 Å². The highest BCUT2D eigenvalue weighted by Crippen LogP contribution is 2.26. The molecule has 2 amide bonds. The van der Waals surface area contributed by atoms with E-state index in [0.29, 0.717) is 17.0 Å². The van der Waals surface area contributed by atoms with Gasteiger partial charge >= 0.3 is 17.8 Å². The van der Waals surface area contributed by atoms with Crippen LogP contribution in [0.5, 0.6) is 5.75 Å². The number of hydrogen-bond donors (Lipinski definition) is 2. The second-order valence-corrected chi connectivity index (χ2v) is 5.70. The van der Waals surface area contributed by atoms with Crippen LogP contribution in [0, 0.1) is 0 Å². The van der Waals surface area contributed by atoms with Crippen LogP contribution >= 0.6 is 0 Å². The van der Waals surface area contributed by atoms with E-state index in [1.54, 1.807) is 13.2 Å². The summed E-state index contributed by atoms with van der Waals surface area (Å²) in [6, 6.07) is 13.2. The molecule has 2 aromatic rings. The molecule has 8 nitrogen and oxygen atoms in total. The molecule has 0 aliphatic carbocycles. The molecule has 0 aliphatic rings. The van der Waals surface area contributed by atoms with Gasteiger partial charge in [-0.15, -0.1) is 0 Å². The van der Waals surface area contributed by atoms with Crippen molar-refractivity contribution in [2.24, 2.45) is 0 Å². The zero-order valence-electron chi connectivity index (χ0n) is 15.9. The standard InChI is InChI=1S/C20H22N2O6/c1-26-16-7-5-4-6-15(16)17(27-2)12-21-18(23)19(24)22-14-10-8-13(9-11-14)20(25)28-3/h4-11,17H,12H2,1-3H3,(H,21,23)(H,22,24)/t17-/m1/s1. The van der Waals surface area contributed by atoms with E-state index in [4.69, 9.17) is 9.47 Å². The molecule has 0 aromatic heterocycles. The molecule has 0 saturated heterocycles. The molecule has 2 aromatic carbocycles. The Kier molecular flexibility index (Phi) is 7.53. The van der Waals surface area contributed by atoms with Crippen molar-refractivity contribution in [1.82, 2.24) is 5.32 Å². The molecule has 0 bridgehead atoms. The van der Waals surface area contributed by atoms with Crippen LogP contribution in [0.1, 0.15) is 22.0 Å². The molecule has 0 unspecified atom stereocenters. The van der Waals surface area contributed by atoms with Crippen LogP contribution in [-0.2, 0) is 19.1 Å². The van der Waals surface area contributed by atoms with E-state index in [-0.39, 0.29) is 6.54 Å². The normalized spacial score (nSPS) is 11.2. The number of nitrogens with one attached hydrogen (secondary N) is 2. The molecule has 1 atom stereocenters. The van der Waals surface area contributed by atoms with Crippen molar-refractivity contribution in [3.8, 4) is 5.75 Å². The van der Waals surface area contributed by atoms with Gasteiger partial charge in [-0.25, -0.2) is 4.79 Å².